The third-order valence-corrected chi connectivity index (χ3v) is 4.30. The molecule has 0 bridgehead atoms. The molecule has 4 nitrogen and oxygen atoms in total. The summed E-state index contributed by atoms with van der Waals surface area (Å²) in [7, 11) is 0. The van der Waals surface area contributed by atoms with Gasteiger partial charge in [0.15, 0.2) is 5.13 Å². The Hall–Kier alpha value is -1.62. The molecule has 1 aliphatic rings. The molecule has 1 fully saturated rings. The van der Waals surface area contributed by atoms with Crippen molar-refractivity contribution in [1.29, 1.82) is 0 Å². The van der Waals surface area contributed by atoms with Gasteiger partial charge >= 0.3 is 0 Å². The number of rotatable bonds is 2. The van der Waals surface area contributed by atoms with Gasteiger partial charge in [0.05, 0.1) is 15.8 Å². The first-order valence-electron chi connectivity index (χ1n) is 6.12. The molecule has 0 unspecified atom stereocenters. The number of amides is 1. The number of benzene rings is 1. The molecule has 18 heavy (non-hydrogen) atoms. The van der Waals surface area contributed by atoms with Gasteiger partial charge in [0, 0.05) is 13.1 Å². The van der Waals surface area contributed by atoms with Gasteiger partial charge in [-0.3, -0.25) is 4.79 Å². The molecule has 5 heteroatoms. The Balaban J connectivity index is 2.04. The molecule has 1 amide bonds. The largest absolute Gasteiger partial charge is 0.366 e. The minimum absolute atomic E-state index is 0.395. The molecular formula is C13H14N3OS. The second-order valence-electron chi connectivity index (χ2n) is 4.47. The van der Waals surface area contributed by atoms with E-state index in [1.807, 2.05) is 6.07 Å². The maximum absolute atomic E-state index is 11.3. The lowest BCUT2D eigenvalue weighted by molar-refractivity contribution is 0.100. The predicted molar refractivity (Wildman–Crippen MR) is 73.0 cm³/mol. The van der Waals surface area contributed by atoms with Crippen molar-refractivity contribution in [1.82, 2.24) is 4.98 Å². The number of fused-ring (bicyclic) bond motifs is 1. The quantitative estimate of drug-likeness (QED) is 0.900. The Morgan fingerprint density at radius 1 is 1.39 bits per heavy atom. The van der Waals surface area contributed by atoms with Crippen LogP contribution in [0.1, 0.15) is 29.6 Å². The second-order valence-corrected chi connectivity index (χ2v) is 5.48. The van der Waals surface area contributed by atoms with Crippen LogP contribution in [0, 0.1) is 6.07 Å². The van der Waals surface area contributed by atoms with E-state index in [0.717, 1.165) is 22.9 Å². The zero-order valence-electron chi connectivity index (χ0n) is 9.98. The minimum Gasteiger partial charge on any atom is -0.366 e. The highest BCUT2D eigenvalue weighted by molar-refractivity contribution is 7.22. The summed E-state index contributed by atoms with van der Waals surface area (Å²) < 4.78 is 1.00. The van der Waals surface area contributed by atoms with Crippen molar-refractivity contribution < 1.29 is 4.79 Å². The van der Waals surface area contributed by atoms with E-state index in [-0.39, 0.29) is 0 Å². The number of aromatic nitrogens is 1. The molecule has 1 saturated heterocycles. The summed E-state index contributed by atoms with van der Waals surface area (Å²) >= 11 is 1.62. The number of primary amides is 1. The number of carbonyl (C=O) groups is 1. The maximum atomic E-state index is 11.3. The first-order chi connectivity index (χ1) is 8.75. The van der Waals surface area contributed by atoms with Gasteiger partial charge < -0.3 is 10.6 Å². The summed E-state index contributed by atoms with van der Waals surface area (Å²) in [6.45, 7) is 2.10. The Morgan fingerprint density at radius 3 is 2.89 bits per heavy atom. The third-order valence-electron chi connectivity index (χ3n) is 3.21. The molecule has 0 aliphatic carbocycles. The number of nitrogens with zero attached hydrogens (tertiary/aromatic N) is 2. The normalized spacial score (nSPS) is 16.1. The first kappa shape index (κ1) is 11.5. The maximum Gasteiger partial charge on any atom is 0.251 e. The van der Waals surface area contributed by atoms with Gasteiger partial charge in [-0.25, -0.2) is 4.98 Å². The monoisotopic (exact) mass is 260 g/mol. The predicted octanol–water partition coefficient (Wildman–Crippen LogP) is 2.19. The van der Waals surface area contributed by atoms with Crippen LogP contribution < -0.4 is 10.6 Å². The van der Waals surface area contributed by atoms with Crippen LogP contribution in [0.15, 0.2) is 12.1 Å². The van der Waals surface area contributed by atoms with Gasteiger partial charge in [0.1, 0.15) is 0 Å². The number of piperidine rings is 1. The Kier molecular flexibility index (Phi) is 2.91. The number of thiazole rings is 1. The summed E-state index contributed by atoms with van der Waals surface area (Å²) in [6.07, 6.45) is 3.72. The van der Waals surface area contributed by atoms with Crippen LogP contribution in [0.2, 0.25) is 0 Å². The smallest absolute Gasteiger partial charge is 0.251 e. The van der Waals surface area contributed by atoms with Crippen molar-refractivity contribution in [3.63, 3.8) is 0 Å². The van der Waals surface area contributed by atoms with Crippen molar-refractivity contribution in [2.24, 2.45) is 5.73 Å². The highest BCUT2D eigenvalue weighted by atomic mass is 32.1. The van der Waals surface area contributed by atoms with Crippen molar-refractivity contribution in [2.75, 3.05) is 18.0 Å². The van der Waals surface area contributed by atoms with E-state index in [2.05, 4.69) is 16.0 Å². The van der Waals surface area contributed by atoms with E-state index in [1.165, 1.54) is 19.3 Å². The van der Waals surface area contributed by atoms with Crippen molar-refractivity contribution in [3.05, 3.63) is 23.8 Å². The van der Waals surface area contributed by atoms with Crippen LogP contribution in [-0.4, -0.2) is 24.0 Å². The van der Waals surface area contributed by atoms with Crippen LogP contribution >= 0.6 is 11.3 Å². The Bertz CT molecular complexity index is 587. The number of hydrogen-bond donors (Lipinski definition) is 1. The van der Waals surface area contributed by atoms with E-state index < -0.39 is 5.91 Å². The van der Waals surface area contributed by atoms with E-state index in [9.17, 15) is 4.79 Å². The van der Waals surface area contributed by atoms with Crippen LogP contribution in [0.3, 0.4) is 0 Å². The summed E-state index contributed by atoms with van der Waals surface area (Å²) in [5, 5.41) is 0.992. The average Bonchev–Trinajstić information content (AvgIpc) is 2.83. The van der Waals surface area contributed by atoms with Crippen LogP contribution in [0.4, 0.5) is 5.13 Å². The average molecular weight is 260 g/mol. The summed E-state index contributed by atoms with van der Waals surface area (Å²) in [4.78, 5) is 18.2. The third kappa shape index (κ3) is 1.95. The van der Waals surface area contributed by atoms with Crippen LogP contribution in [-0.2, 0) is 0 Å². The topological polar surface area (TPSA) is 59.2 Å². The van der Waals surface area contributed by atoms with Gasteiger partial charge in [0.2, 0.25) is 0 Å². The highest BCUT2D eigenvalue weighted by Crippen LogP contribution is 2.31. The molecule has 0 saturated carbocycles. The molecule has 2 N–H and O–H groups in total. The number of anilines is 1. The fraction of sp³-hybridized carbons (Fsp3) is 0.385. The Labute approximate surface area is 109 Å². The van der Waals surface area contributed by atoms with E-state index in [1.54, 1.807) is 17.4 Å². The molecule has 0 spiro atoms. The first-order valence-corrected chi connectivity index (χ1v) is 6.93. The summed E-state index contributed by atoms with van der Waals surface area (Å²) in [6, 6.07) is 6.55. The summed E-state index contributed by atoms with van der Waals surface area (Å²) in [5.41, 5.74) is 6.43. The van der Waals surface area contributed by atoms with Crippen molar-refractivity contribution in [3.8, 4) is 0 Å². The summed E-state index contributed by atoms with van der Waals surface area (Å²) in [5.74, 6) is -0.462. The molecule has 1 radical (unpaired) electrons. The van der Waals surface area contributed by atoms with Gasteiger partial charge in [-0.1, -0.05) is 17.4 Å². The van der Waals surface area contributed by atoms with Gasteiger partial charge in [-0.15, -0.1) is 0 Å². The lowest BCUT2D eigenvalue weighted by Crippen LogP contribution is -2.29. The molecule has 1 aromatic heterocycles. The Morgan fingerprint density at radius 2 is 2.17 bits per heavy atom. The number of carbonyl (C=O) groups excluding carboxylic acids is 1. The molecular weight excluding hydrogens is 246 g/mol. The van der Waals surface area contributed by atoms with Crippen LogP contribution in [0.5, 0.6) is 0 Å². The van der Waals surface area contributed by atoms with E-state index in [0.29, 0.717) is 11.1 Å². The van der Waals surface area contributed by atoms with Gasteiger partial charge in [-0.2, -0.15) is 0 Å². The van der Waals surface area contributed by atoms with E-state index in [4.69, 9.17) is 5.73 Å². The molecule has 1 aliphatic heterocycles. The van der Waals surface area contributed by atoms with Crippen molar-refractivity contribution in [2.45, 2.75) is 19.3 Å². The number of hydrogen-bond acceptors (Lipinski definition) is 4. The standard InChI is InChI=1S/C13H14N3OS/c14-12(17)9-5-4-6-10-11(9)15-13(18-10)16-7-2-1-3-8-16/h4,6H,1-3,7-8H2,(H2,14,17). The molecule has 3 rings (SSSR count). The zero-order valence-corrected chi connectivity index (χ0v) is 10.8. The second kappa shape index (κ2) is 4.57. The highest BCUT2D eigenvalue weighted by Gasteiger charge is 2.17. The van der Waals surface area contributed by atoms with Gasteiger partial charge in [-0.05, 0) is 31.4 Å². The fourth-order valence-corrected chi connectivity index (χ4v) is 3.32. The number of nitrogens with two attached hydrogens (primary N) is 1. The zero-order chi connectivity index (χ0) is 12.5. The van der Waals surface area contributed by atoms with E-state index >= 15 is 0 Å². The SMILES string of the molecule is NC(=O)c1[c]ccc2sc(N3CCCCC3)nc12. The van der Waals surface area contributed by atoms with Crippen molar-refractivity contribution >= 4 is 32.6 Å². The van der Waals surface area contributed by atoms with Crippen LogP contribution in [0.25, 0.3) is 10.2 Å². The molecule has 2 heterocycles. The molecule has 0 atom stereocenters. The van der Waals surface area contributed by atoms with Gasteiger partial charge in [0.25, 0.3) is 5.91 Å². The molecule has 2 aromatic rings. The fourth-order valence-electron chi connectivity index (χ4n) is 2.29. The minimum atomic E-state index is -0.462. The lowest BCUT2D eigenvalue weighted by atomic mass is 10.1. The molecule has 1 aromatic carbocycles. The molecule has 93 valence electrons. The lowest BCUT2D eigenvalue weighted by Gasteiger charge is -2.25.